The van der Waals surface area contributed by atoms with Gasteiger partial charge in [-0.15, -0.1) is 12.4 Å². The summed E-state index contributed by atoms with van der Waals surface area (Å²) in [7, 11) is 0. The Morgan fingerprint density at radius 1 is 1.30 bits per heavy atom. The number of carbonyl (C=O) groups is 1. The highest BCUT2D eigenvalue weighted by molar-refractivity contribution is 5.85. The highest BCUT2D eigenvalue weighted by Crippen LogP contribution is 2.27. The summed E-state index contributed by atoms with van der Waals surface area (Å²) in [4.78, 5) is 14.1. The maximum absolute atomic E-state index is 11.8. The number of anilines is 1. The van der Waals surface area contributed by atoms with Crippen molar-refractivity contribution in [1.29, 1.82) is 0 Å². The second kappa shape index (κ2) is 6.46. The SMILES string of the molecule is Cl.Nc1cccc(CN2CC(=O)NC3CCCCC32)c1. The molecule has 1 saturated heterocycles. The molecule has 5 heteroatoms. The smallest absolute Gasteiger partial charge is 0.234 e. The zero-order valence-corrected chi connectivity index (χ0v) is 12.4. The monoisotopic (exact) mass is 295 g/mol. The maximum atomic E-state index is 11.8. The number of amides is 1. The molecule has 110 valence electrons. The van der Waals surface area contributed by atoms with Gasteiger partial charge in [0.05, 0.1) is 6.54 Å². The van der Waals surface area contributed by atoms with E-state index in [4.69, 9.17) is 5.73 Å². The van der Waals surface area contributed by atoms with E-state index in [1.807, 2.05) is 18.2 Å². The van der Waals surface area contributed by atoms with Crippen LogP contribution in [0, 0.1) is 0 Å². The minimum atomic E-state index is 0. The zero-order valence-electron chi connectivity index (χ0n) is 11.5. The first-order valence-corrected chi connectivity index (χ1v) is 7.10. The first-order chi connectivity index (χ1) is 9.22. The van der Waals surface area contributed by atoms with Gasteiger partial charge in [0.25, 0.3) is 0 Å². The van der Waals surface area contributed by atoms with E-state index in [1.165, 1.54) is 24.8 Å². The van der Waals surface area contributed by atoms with E-state index in [-0.39, 0.29) is 18.3 Å². The number of rotatable bonds is 2. The number of nitrogens with zero attached hydrogens (tertiary/aromatic N) is 1. The molecule has 2 fully saturated rings. The van der Waals surface area contributed by atoms with Gasteiger partial charge in [-0.25, -0.2) is 0 Å². The lowest BCUT2D eigenvalue weighted by Crippen LogP contribution is -2.61. The highest BCUT2D eigenvalue weighted by Gasteiger charge is 2.36. The molecule has 3 rings (SSSR count). The number of nitrogens with two attached hydrogens (primary N) is 1. The second-order valence-corrected chi connectivity index (χ2v) is 5.68. The summed E-state index contributed by atoms with van der Waals surface area (Å²) in [6.07, 6.45) is 4.80. The van der Waals surface area contributed by atoms with Crippen LogP contribution < -0.4 is 11.1 Å². The van der Waals surface area contributed by atoms with Crippen LogP contribution in [-0.4, -0.2) is 29.4 Å². The number of carbonyl (C=O) groups excluding carboxylic acids is 1. The molecular formula is C15H22ClN3O. The zero-order chi connectivity index (χ0) is 13.2. The van der Waals surface area contributed by atoms with Crippen molar-refractivity contribution in [3.8, 4) is 0 Å². The van der Waals surface area contributed by atoms with Gasteiger partial charge in [0.1, 0.15) is 0 Å². The van der Waals surface area contributed by atoms with Crippen LogP contribution in [0.4, 0.5) is 5.69 Å². The quantitative estimate of drug-likeness (QED) is 0.820. The second-order valence-electron chi connectivity index (χ2n) is 5.68. The third-order valence-electron chi connectivity index (χ3n) is 4.23. The van der Waals surface area contributed by atoms with Crippen molar-refractivity contribution in [2.24, 2.45) is 0 Å². The standard InChI is InChI=1S/C15H21N3O.ClH/c16-12-5-3-4-11(8-12)9-18-10-15(19)17-13-6-1-2-7-14(13)18;/h3-5,8,13-14H,1-2,6-7,9-10,16H2,(H,17,19);1H. The van der Waals surface area contributed by atoms with Gasteiger partial charge < -0.3 is 11.1 Å². The number of hydrogen-bond donors (Lipinski definition) is 2. The fourth-order valence-corrected chi connectivity index (χ4v) is 3.37. The summed E-state index contributed by atoms with van der Waals surface area (Å²) in [6.45, 7) is 1.33. The van der Waals surface area contributed by atoms with Crippen LogP contribution in [0.5, 0.6) is 0 Å². The van der Waals surface area contributed by atoms with E-state index in [1.54, 1.807) is 0 Å². The van der Waals surface area contributed by atoms with E-state index < -0.39 is 0 Å². The average molecular weight is 296 g/mol. The number of fused-ring (bicyclic) bond motifs is 1. The Hall–Kier alpha value is -1.26. The molecule has 4 nitrogen and oxygen atoms in total. The summed E-state index contributed by atoms with van der Waals surface area (Å²) in [5.41, 5.74) is 7.81. The third-order valence-corrected chi connectivity index (χ3v) is 4.23. The molecule has 1 saturated carbocycles. The van der Waals surface area contributed by atoms with Crippen LogP contribution >= 0.6 is 12.4 Å². The first-order valence-electron chi connectivity index (χ1n) is 7.10. The summed E-state index contributed by atoms with van der Waals surface area (Å²) >= 11 is 0. The Morgan fingerprint density at radius 3 is 2.90 bits per heavy atom. The Morgan fingerprint density at radius 2 is 2.10 bits per heavy atom. The van der Waals surface area contributed by atoms with Crippen molar-refractivity contribution < 1.29 is 4.79 Å². The van der Waals surface area contributed by atoms with E-state index in [9.17, 15) is 4.79 Å². The predicted molar refractivity (Wildman–Crippen MR) is 82.7 cm³/mol. The van der Waals surface area contributed by atoms with Crippen molar-refractivity contribution >= 4 is 24.0 Å². The normalized spacial score (nSPS) is 26.3. The number of hydrogen-bond acceptors (Lipinski definition) is 3. The number of piperazine rings is 1. The lowest BCUT2D eigenvalue weighted by molar-refractivity contribution is -0.128. The predicted octanol–water partition coefficient (Wildman–Crippen LogP) is 1.93. The molecule has 3 N–H and O–H groups in total. The molecule has 2 unspecified atom stereocenters. The molecule has 0 spiro atoms. The number of nitrogen functional groups attached to an aromatic ring is 1. The van der Waals surface area contributed by atoms with Crippen LogP contribution in [0.1, 0.15) is 31.2 Å². The van der Waals surface area contributed by atoms with Crippen LogP contribution in [0.25, 0.3) is 0 Å². The van der Waals surface area contributed by atoms with Crippen molar-refractivity contribution in [1.82, 2.24) is 10.2 Å². The van der Waals surface area contributed by atoms with Gasteiger partial charge in [0, 0.05) is 24.3 Å². The molecule has 1 amide bonds. The van der Waals surface area contributed by atoms with Gasteiger partial charge in [-0.3, -0.25) is 9.69 Å². The molecule has 1 aliphatic carbocycles. The number of nitrogens with one attached hydrogen (secondary N) is 1. The van der Waals surface area contributed by atoms with E-state index >= 15 is 0 Å². The molecule has 20 heavy (non-hydrogen) atoms. The van der Waals surface area contributed by atoms with Crippen LogP contribution in [0.15, 0.2) is 24.3 Å². The highest BCUT2D eigenvalue weighted by atomic mass is 35.5. The summed E-state index contributed by atoms with van der Waals surface area (Å²) < 4.78 is 0. The molecule has 1 aromatic carbocycles. The Bertz CT molecular complexity index is 480. The van der Waals surface area contributed by atoms with E-state index in [0.717, 1.165) is 18.7 Å². The Kier molecular flexibility index (Phi) is 4.89. The average Bonchev–Trinajstić information content (AvgIpc) is 2.38. The lowest BCUT2D eigenvalue weighted by Gasteiger charge is -2.44. The van der Waals surface area contributed by atoms with Crippen molar-refractivity contribution in [3.05, 3.63) is 29.8 Å². The molecule has 1 aromatic rings. The molecule has 0 aromatic heterocycles. The third kappa shape index (κ3) is 3.25. The minimum Gasteiger partial charge on any atom is -0.399 e. The van der Waals surface area contributed by atoms with Crippen LogP contribution in [-0.2, 0) is 11.3 Å². The van der Waals surface area contributed by atoms with Gasteiger partial charge in [-0.2, -0.15) is 0 Å². The Balaban J connectivity index is 0.00000147. The topological polar surface area (TPSA) is 58.4 Å². The molecule has 0 bridgehead atoms. The lowest BCUT2D eigenvalue weighted by atomic mass is 9.87. The summed E-state index contributed by atoms with van der Waals surface area (Å²) in [5, 5.41) is 3.14. The summed E-state index contributed by atoms with van der Waals surface area (Å²) in [5.74, 6) is 0.159. The maximum Gasteiger partial charge on any atom is 0.234 e. The number of halogens is 1. The molecule has 1 aliphatic heterocycles. The van der Waals surface area contributed by atoms with Crippen LogP contribution in [0.3, 0.4) is 0 Å². The number of benzene rings is 1. The molecule has 1 heterocycles. The largest absolute Gasteiger partial charge is 0.399 e. The van der Waals surface area contributed by atoms with Crippen molar-refractivity contribution in [2.45, 2.75) is 44.3 Å². The molecular weight excluding hydrogens is 274 g/mol. The molecule has 2 aliphatic rings. The van der Waals surface area contributed by atoms with Crippen molar-refractivity contribution in [3.63, 3.8) is 0 Å². The molecule has 2 atom stereocenters. The van der Waals surface area contributed by atoms with Gasteiger partial charge in [0.2, 0.25) is 5.91 Å². The minimum absolute atomic E-state index is 0. The van der Waals surface area contributed by atoms with Gasteiger partial charge >= 0.3 is 0 Å². The van der Waals surface area contributed by atoms with Gasteiger partial charge in [-0.05, 0) is 30.5 Å². The summed E-state index contributed by atoms with van der Waals surface area (Å²) in [6, 6.07) is 8.80. The fraction of sp³-hybridized carbons (Fsp3) is 0.533. The van der Waals surface area contributed by atoms with E-state index in [0.29, 0.717) is 18.6 Å². The Labute approximate surface area is 126 Å². The van der Waals surface area contributed by atoms with Gasteiger partial charge in [-0.1, -0.05) is 25.0 Å². The van der Waals surface area contributed by atoms with E-state index in [2.05, 4.69) is 16.3 Å². The molecule has 0 radical (unpaired) electrons. The van der Waals surface area contributed by atoms with Gasteiger partial charge in [0.15, 0.2) is 0 Å². The first kappa shape index (κ1) is 15.1. The fourth-order valence-electron chi connectivity index (χ4n) is 3.37. The van der Waals surface area contributed by atoms with Crippen molar-refractivity contribution in [2.75, 3.05) is 12.3 Å². The van der Waals surface area contributed by atoms with Crippen LogP contribution in [0.2, 0.25) is 0 Å².